The molecule has 0 amide bonds. The zero-order valence-electron chi connectivity index (χ0n) is 17.8. The molecule has 2 aromatic carbocycles. The molecule has 2 N–H and O–H groups in total. The minimum absolute atomic E-state index is 0.0183. The van der Waals surface area contributed by atoms with Crippen LogP contribution in [0, 0.1) is 0 Å². The lowest BCUT2D eigenvalue weighted by molar-refractivity contribution is -0.872. The van der Waals surface area contributed by atoms with Crippen LogP contribution < -0.4 is 10.3 Å². The molecule has 0 fully saturated rings. The second kappa shape index (κ2) is 8.22. The SMILES string of the molecule is CCCc1cc2c(=O)c(-c3nc4ccccc4s3)c(C(F)(F)F)oc2c(C[NH+](C)C)c1O. The first-order valence-electron chi connectivity index (χ1n) is 10.2. The number of hydrogen-bond acceptors (Lipinski definition) is 5. The van der Waals surface area contributed by atoms with Crippen LogP contribution in [0.3, 0.4) is 0 Å². The van der Waals surface area contributed by atoms with Crippen molar-refractivity contribution in [1.29, 1.82) is 0 Å². The van der Waals surface area contributed by atoms with E-state index in [0.717, 1.165) is 16.2 Å². The van der Waals surface area contributed by atoms with Gasteiger partial charge in [0.1, 0.15) is 22.9 Å². The maximum Gasteiger partial charge on any atom is 0.450 e. The van der Waals surface area contributed by atoms with Gasteiger partial charge in [0.05, 0.1) is 35.3 Å². The Labute approximate surface area is 185 Å². The van der Waals surface area contributed by atoms with Gasteiger partial charge in [0, 0.05) is 0 Å². The van der Waals surface area contributed by atoms with Crippen LogP contribution >= 0.6 is 11.3 Å². The van der Waals surface area contributed by atoms with Crippen LogP contribution in [0.5, 0.6) is 5.75 Å². The number of phenolic OH excluding ortho intramolecular Hbond substituents is 1. The lowest BCUT2D eigenvalue weighted by Gasteiger charge is -2.17. The van der Waals surface area contributed by atoms with E-state index in [1.54, 1.807) is 38.4 Å². The van der Waals surface area contributed by atoms with Gasteiger partial charge in [0.2, 0.25) is 11.2 Å². The molecular weight excluding hydrogens is 441 g/mol. The molecule has 168 valence electrons. The summed E-state index contributed by atoms with van der Waals surface area (Å²) < 4.78 is 48.3. The molecule has 0 aliphatic rings. The molecule has 0 unspecified atom stereocenters. The summed E-state index contributed by atoms with van der Waals surface area (Å²) in [4.78, 5) is 18.6. The number of rotatable bonds is 5. The lowest BCUT2D eigenvalue weighted by atomic mass is 9.99. The quantitative estimate of drug-likeness (QED) is 0.461. The molecule has 9 heteroatoms. The van der Waals surface area contributed by atoms with Crippen molar-refractivity contribution in [3.8, 4) is 16.3 Å². The van der Waals surface area contributed by atoms with Gasteiger partial charge in [-0.3, -0.25) is 4.79 Å². The van der Waals surface area contributed by atoms with Crippen LogP contribution in [0.4, 0.5) is 13.2 Å². The first-order valence-corrected chi connectivity index (χ1v) is 11.0. The van der Waals surface area contributed by atoms with Crippen LogP contribution in [0.25, 0.3) is 31.8 Å². The number of alkyl halides is 3. The summed E-state index contributed by atoms with van der Waals surface area (Å²) >= 11 is 1.01. The second-order valence-corrected chi connectivity index (χ2v) is 9.02. The van der Waals surface area contributed by atoms with Gasteiger partial charge in [-0.15, -0.1) is 11.3 Å². The highest BCUT2D eigenvalue weighted by molar-refractivity contribution is 7.21. The van der Waals surface area contributed by atoms with Crippen molar-refractivity contribution >= 4 is 32.5 Å². The van der Waals surface area contributed by atoms with E-state index in [1.807, 2.05) is 6.92 Å². The summed E-state index contributed by atoms with van der Waals surface area (Å²) in [5.41, 5.74) is -0.407. The van der Waals surface area contributed by atoms with Crippen LogP contribution in [-0.2, 0) is 19.1 Å². The number of aromatic nitrogens is 1. The maximum atomic E-state index is 14.1. The van der Waals surface area contributed by atoms with Gasteiger partial charge < -0.3 is 14.4 Å². The summed E-state index contributed by atoms with van der Waals surface area (Å²) in [7, 11) is 3.60. The summed E-state index contributed by atoms with van der Waals surface area (Å²) in [6.45, 7) is 2.11. The Balaban J connectivity index is 2.13. The average Bonchev–Trinajstić information content (AvgIpc) is 3.14. The normalized spacial score (nSPS) is 12.3. The molecule has 0 aliphatic carbocycles. The molecular formula is C23H22F3N2O3S+. The Hall–Kier alpha value is -2.91. The fraction of sp³-hybridized carbons (Fsp3) is 0.304. The van der Waals surface area contributed by atoms with Crippen LogP contribution in [0.2, 0.25) is 0 Å². The number of hydrogen-bond donors (Lipinski definition) is 2. The Morgan fingerprint density at radius 2 is 1.94 bits per heavy atom. The Morgan fingerprint density at radius 1 is 1.22 bits per heavy atom. The monoisotopic (exact) mass is 463 g/mol. The van der Waals surface area contributed by atoms with Crippen LogP contribution in [0.1, 0.15) is 30.2 Å². The van der Waals surface area contributed by atoms with Crippen molar-refractivity contribution in [2.45, 2.75) is 32.5 Å². The first kappa shape index (κ1) is 22.3. The minimum Gasteiger partial charge on any atom is -0.507 e. The molecule has 2 heterocycles. The molecule has 0 radical (unpaired) electrons. The highest BCUT2D eigenvalue weighted by atomic mass is 32.1. The predicted octanol–water partition coefficient (Wildman–Crippen LogP) is 4.39. The number of phenols is 1. The van der Waals surface area contributed by atoms with Crippen molar-refractivity contribution < 1.29 is 27.6 Å². The van der Waals surface area contributed by atoms with Gasteiger partial charge in [-0.05, 0) is 30.2 Å². The third-order valence-corrected chi connectivity index (χ3v) is 6.20. The van der Waals surface area contributed by atoms with E-state index in [9.17, 15) is 23.1 Å². The van der Waals surface area contributed by atoms with E-state index in [0.29, 0.717) is 28.6 Å². The number of para-hydroxylation sites is 1. The molecule has 0 aliphatic heterocycles. The maximum absolute atomic E-state index is 14.1. The zero-order valence-corrected chi connectivity index (χ0v) is 18.6. The molecule has 0 bridgehead atoms. The smallest absolute Gasteiger partial charge is 0.450 e. The van der Waals surface area contributed by atoms with Gasteiger partial charge in [-0.1, -0.05) is 25.5 Å². The highest BCUT2D eigenvalue weighted by Crippen LogP contribution is 2.41. The van der Waals surface area contributed by atoms with Crippen molar-refractivity contribution in [3.05, 3.63) is 57.4 Å². The predicted molar refractivity (Wildman–Crippen MR) is 118 cm³/mol. The fourth-order valence-corrected chi connectivity index (χ4v) is 4.80. The van der Waals surface area contributed by atoms with Crippen molar-refractivity contribution in [2.24, 2.45) is 0 Å². The third-order valence-electron chi connectivity index (χ3n) is 5.15. The zero-order chi connectivity index (χ0) is 23.2. The molecule has 4 aromatic rings. The van der Waals surface area contributed by atoms with E-state index in [4.69, 9.17) is 4.42 Å². The summed E-state index contributed by atoms with van der Waals surface area (Å²) in [5.74, 6) is -1.52. The third kappa shape index (κ3) is 3.86. The molecule has 0 atom stereocenters. The molecule has 5 nitrogen and oxygen atoms in total. The second-order valence-electron chi connectivity index (χ2n) is 7.99. The summed E-state index contributed by atoms with van der Waals surface area (Å²) in [6, 6.07) is 8.36. The molecule has 0 saturated carbocycles. The van der Waals surface area contributed by atoms with E-state index < -0.39 is 22.9 Å². The molecule has 32 heavy (non-hydrogen) atoms. The Morgan fingerprint density at radius 3 is 2.56 bits per heavy atom. The Kier molecular flexibility index (Phi) is 5.72. The van der Waals surface area contributed by atoms with E-state index in [-0.39, 0.29) is 33.8 Å². The van der Waals surface area contributed by atoms with Gasteiger partial charge in [-0.2, -0.15) is 13.2 Å². The van der Waals surface area contributed by atoms with Gasteiger partial charge in [-0.25, -0.2) is 4.98 Å². The van der Waals surface area contributed by atoms with Gasteiger partial charge in [0.15, 0.2) is 5.58 Å². The summed E-state index contributed by atoms with van der Waals surface area (Å²) in [5, 5.41) is 10.7. The fourth-order valence-electron chi connectivity index (χ4n) is 3.80. The van der Waals surface area contributed by atoms with Gasteiger partial charge in [0.25, 0.3) is 0 Å². The highest BCUT2D eigenvalue weighted by Gasteiger charge is 2.41. The number of aromatic hydroxyl groups is 1. The van der Waals surface area contributed by atoms with Crippen molar-refractivity contribution in [2.75, 3.05) is 14.1 Å². The molecule has 2 aromatic heterocycles. The summed E-state index contributed by atoms with van der Waals surface area (Å²) in [6.07, 6.45) is -3.74. The van der Waals surface area contributed by atoms with Crippen molar-refractivity contribution in [1.82, 2.24) is 4.98 Å². The van der Waals surface area contributed by atoms with E-state index >= 15 is 0 Å². The number of nitrogens with one attached hydrogen (secondary N) is 1. The number of halogens is 3. The average molecular weight is 464 g/mol. The number of aryl methyl sites for hydroxylation is 1. The number of quaternary nitrogens is 1. The topological polar surface area (TPSA) is 67.8 Å². The van der Waals surface area contributed by atoms with E-state index in [1.165, 1.54) is 6.07 Å². The number of fused-ring (bicyclic) bond motifs is 2. The number of benzene rings is 2. The number of nitrogens with zero attached hydrogens (tertiary/aromatic N) is 1. The van der Waals surface area contributed by atoms with E-state index in [2.05, 4.69) is 4.98 Å². The van der Waals surface area contributed by atoms with Gasteiger partial charge >= 0.3 is 6.18 Å². The minimum atomic E-state index is -4.92. The molecule has 0 saturated heterocycles. The van der Waals surface area contributed by atoms with Crippen molar-refractivity contribution in [3.63, 3.8) is 0 Å². The largest absolute Gasteiger partial charge is 0.507 e. The van der Waals surface area contributed by atoms with Crippen LogP contribution in [0.15, 0.2) is 39.5 Å². The van der Waals surface area contributed by atoms with Crippen LogP contribution in [-0.4, -0.2) is 24.2 Å². The molecule has 0 spiro atoms. The number of thiazole rings is 1. The Bertz CT molecular complexity index is 1340. The first-order chi connectivity index (χ1) is 15.1. The lowest BCUT2D eigenvalue weighted by Crippen LogP contribution is -3.04. The standard InChI is InChI=1S/C23H21F3N2O3S/c1-4-7-12-10-13-19(30)17(22-27-15-8-5-6-9-16(15)32-22)21(23(24,25)26)31-20(13)14(18(12)29)11-28(2)3/h5-6,8-10,29H,4,7,11H2,1-3H3/p+1. The molecule has 4 rings (SSSR count).